The molecule has 0 aliphatic heterocycles. The molecular formula is C13H19F3N2OS. The van der Waals surface area contributed by atoms with Crippen LogP contribution in [0.1, 0.15) is 47.8 Å². The number of rotatable bonds is 6. The molecule has 3 nitrogen and oxygen atoms in total. The molecule has 7 heteroatoms. The fourth-order valence-corrected chi connectivity index (χ4v) is 3.41. The smallest absolute Gasteiger partial charge is 0.365 e. The Morgan fingerprint density at radius 2 is 2.25 bits per heavy atom. The van der Waals surface area contributed by atoms with Crippen molar-refractivity contribution in [2.24, 2.45) is 0 Å². The molecule has 0 saturated carbocycles. The summed E-state index contributed by atoms with van der Waals surface area (Å²) in [5.41, 5.74) is 1.01. The van der Waals surface area contributed by atoms with Crippen LogP contribution >= 0.6 is 11.3 Å². The maximum Gasteiger partial charge on any atom is 0.411 e. The molecule has 2 rings (SSSR count). The van der Waals surface area contributed by atoms with Crippen LogP contribution in [0, 0.1) is 0 Å². The molecule has 1 aliphatic carbocycles. The first-order valence-corrected chi connectivity index (χ1v) is 7.67. The third-order valence-corrected chi connectivity index (χ3v) is 4.23. The quantitative estimate of drug-likeness (QED) is 0.872. The van der Waals surface area contributed by atoms with Gasteiger partial charge in [0.25, 0.3) is 0 Å². The number of fused-ring (bicyclic) bond motifs is 1. The molecule has 0 fully saturated rings. The van der Waals surface area contributed by atoms with E-state index in [-0.39, 0.29) is 12.6 Å². The SMILES string of the molecule is CCCNC1CCCc2sc(COCC(F)(F)F)nc21. The second-order valence-electron chi connectivity index (χ2n) is 4.92. The molecule has 1 unspecified atom stereocenters. The summed E-state index contributed by atoms with van der Waals surface area (Å²) in [6, 6.07) is 0.242. The lowest BCUT2D eigenvalue weighted by atomic mass is 9.97. The summed E-state index contributed by atoms with van der Waals surface area (Å²) in [5.74, 6) is 0. The van der Waals surface area contributed by atoms with Crippen molar-refractivity contribution in [1.29, 1.82) is 0 Å². The molecule has 0 aromatic carbocycles. The van der Waals surface area contributed by atoms with Gasteiger partial charge in [-0.3, -0.25) is 0 Å². The van der Waals surface area contributed by atoms with Crippen molar-refractivity contribution in [2.45, 2.75) is 51.4 Å². The monoisotopic (exact) mass is 308 g/mol. The van der Waals surface area contributed by atoms with E-state index >= 15 is 0 Å². The number of hydrogen-bond donors (Lipinski definition) is 1. The normalized spacial score (nSPS) is 19.1. The Balaban J connectivity index is 1.95. The highest BCUT2D eigenvalue weighted by atomic mass is 32.1. The molecule has 0 amide bonds. The minimum atomic E-state index is -4.28. The molecule has 1 atom stereocenters. The molecule has 20 heavy (non-hydrogen) atoms. The van der Waals surface area contributed by atoms with E-state index in [1.165, 1.54) is 16.2 Å². The zero-order valence-electron chi connectivity index (χ0n) is 11.4. The third-order valence-electron chi connectivity index (χ3n) is 3.13. The molecule has 0 spiro atoms. The van der Waals surface area contributed by atoms with Crippen molar-refractivity contribution in [3.05, 3.63) is 15.6 Å². The van der Waals surface area contributed by atoms with Gasteiger partial charge < -0.3 is 10.1 Å². The molecular weight excluding hydrogens is 289 g/mol. The average Bonchev–Trinajstić information content (AvgIpc) is 2.78. The minimum absolute atomic E-state index is 0.0579. The van der Waals surface area contributed by atoms with E-state index in [0.717, 1.165) is 37.9 Å². The summed E-state index contributed by atoms with van der Waals surface area (Å²) >= 11 is 1.48. The zero-order chi connectivity index (χ0) is 14.6. The number of halogens is 3. The molecule has 0 bridgehead atoms. The van der Waals surface area contributed by atoms with Gasteiger partial charge in [-0.05, 0) is 32.2 Å². The van der Waals surface area contributed by atoms with Gasteiger partial charge >= 0.3 is 6.18 Å². The summed E-state index contributed by atoms with van der Waals surface area (Å²) in [4.78, 5) is 5.66. The highest BCUT2D eigenvalue weighted by Gasteiger charge is 2.28. The second-order valence-corrected chi connectivity index (χ2v) is 6.09. The molecule has 0 radical (unpaired) electrons. The largest absolute Gasteiger partial charge is 0.411 e. The van der Waals surface area contributed by atoms with Gasteiger partial charge in [0.2, 0.25) is 0 Å². The number of alkyl halides is 3. The number of aromatic nitrogens is 1. The highest BCUT2D eigenvalue weighted by Crippen LogP contribution is 2.33. The van der Waals surface area contributed by atoms with E-state index in [4.69, 9.17) is 0 Å². The molecule has 1 aromatic rings. The third kappa shape index (κ3) is 4.43. The Hall–Kier alpha value is -0.660. The van der Waals surface area contributed by atoms with Crippen LogP contribution in [0.15, 0.2) is 0 Å². The topological polar surface area (TPSA) is 34.1 Å². The van der Waals surface area contributed by atoms with E-state index in [0.29, 0.717) is 5.01 Å². The van der Waals surface area contributed by atoms with Gasteiger partial charge in [-0.1, -0.05) is 6.92 Å². The number of aryl methyl sites for hydroxylation is 1. The lowest BCUT2D eigenvalue weighted by Gasteiger charge is -2.22. The molecule has 114 valence electrons. The fraction of sp³-hybridized carbons (Fsp3) is 0.769. The molecule has 1 aliphatic rings. The van der Waals surface area contributed by atoms with Crippen molar-refractivity contribution >= 4 is 11.3 Å². The van der Waals surface area contributed by atoms with E-state index in [1.54, 1.807) is 0 Å². The first kappa shape index (κ1) is 15.7. The maximum atomic E-state index is 12.0. The van der Waals surface area contributed by atoms with Gasteiger partial charge in [0.1, 0.15) is 11.6 Å². The lowest BCUT2D eigenvalue weighted by Crippen LogP contribution is -2.25. The van der Waals surface area contributed by atoms with Crippen LogP contribution in [0.4, 0.5) is 13.2 Å². The van der Waals surface area contributed by atoms with Crippen LogP contribution in [-0.2, 0) is 17.8 Å². The number of thiazole rings is 1. The summed E-state index contributed by atoms with van der Waals surface area (Å²) < 4.78 is 40.8. The van der Waals surface area contributed by atoms with Crippen molar-refractivity contribution in [3.63, 3.8) is 0 Å². The van der Waals surface area contributed by atoms with E-state index in [1.807, 2.05) is 0 Å². The second kappa shape index (κ2) is 6.87. The van der Waals surface area contributed by atoms with Crippen LogP contribution < -0.4 is 5.32 Å². The van der Waals surface area contributed by atoms with Gasteiger partial charge in [0.05, 0.1) is 18.3 Å². The number of nitrogens with one attached hydrogen (secondary N) is 1. The number of nitrogens with zero attached hydrogens (tertiary/aromatic N) is 1. The molecule has 0 saturated heterocycles. The van der Waals surface area contributed by atoms with Gasteiger partial charge in [-0.25, -0.2) is 4.98 Å². The Morgan fingerprint density at radius 1 is 1.45 bits per heavy atom. The Kier molecular flexibility index (Phi) is 5.40. The molecule has 1 N–H and O–H groups in total. The van der Waals surface area contributed by atoms with Crippen molar-refractivity contribution < 1.29 is 17.9 Å². The van der Waals surface area contributed by atoms with Gasteiger partial charge in [0, 0.05) is 4.88 Å². The van der Waals surface area contributed by atoms with Crippen LogP contribution in [0.3, 0.4) is 0 Å². The Bertz CT molecular complexity index is 434. The number of ether oxygens (including phenoxy) is 1. The van der Waals surface area contributed by atoms with Crippen molar-refractivity contribution in [2.75, 3.05) is 13.2 Å². The van der Waals surface area contributed by atoms with Crippen molar-refractivity contribution in [1.82, 2.24) is 10.3 Å². The van der Waals surface area contributed by atoms with Gasteiger partial charge in [-0.15, -0.1) is 11.3 Å². The Labute approximate surface area is 120 Å². The van der Waals surface area contributed by atoms with E-state index in [2.05, 4.69) is 22.0 Å². The molecule has 1 aromatic heterocycles. The number of hydrogen-bond acceptors (Lipinski definition) is 4. The maximum absolute atomic E-state index is 12.0. The van der Waals surface area contributed by atoms with E-state index < -0.39 is 12.8 Å². The van der Waals surface area contributed by atoms with Crippen LogP contribution in [0.25, 0.3) is 0 Å². The standard InChI is InChI=1S/C13H19F3N2OS/c1-2-6-17-9-4-3-5-10-12(9)18-11(20-10)7-19-8-13(14,15)16/h9,17H,2-8H2,1H3. The fourth-order valence-electron chi connectivity index (χ4n) is 2.30. The first-order chi connectivity index (χ1) is 9.49. The van der Waals surface area contributed by atoms with Gasteiger partial charge in [-0.2, -0.15) is 13.2 Å². The predicted molar refractivity (Wildman–Crippen MR) is 71.8 cm³/mol. The predicted octanol–water partition coefficient (Wildman–Crippen LogP) is 3.60. The van der Waals surface area contributed by atoms with Crippen LogP contribution in [0.5, 0.6) is 0 Å². The average molecular weight is 308 g/mol. The highest BCUT2D eigenvalue weighted by molar-refractivity contribution is 7.11. The minimum Gasteiger partial charge on any atom is -0.365 e. The van der Waals surface area contributed by atoms with Crippen LogP contribution in [-0.4, -0.2) is 24.3 Å². The van der Waals surface area contributed by atoms with Gasteiger partial charge in [0.15, 0.2) is 0 Å². The van der Waals surface area contributed by atoms with E-state index in [9.17, 15) is 13.2 Å². The Morgan fingerprint density at radius 3 is 2.95 bits per heavy atom. The summed E-state index contributed by atoms with van der Waals surface area (Å²) in [7, 11) is 0. The van der Waals surface area contributed by atoms with Crippen LogP contribution in [0.2, 0.25) is 0 Å². The summed E-state index contributed by atoms with van der Waals surface area (Å²) in [6.07, 6.45) is -0.116. The summed E-state index contributed by atoms with van der Waals surface area (Å²) in [6.45, 7) is 1.77. The first-order valence-electron chi connectivity index (χ1n) is 6.86. The summed E-state index contributed by atoms with van der Waals surface area (Å²) in [5, 5.41) is 4.09. The molecule has 1 heterocycles. The zero-order valence-corrected chi connectivity index (χ0v) is 12.2. The van der Waals surface area contributed by atoms with Crippen molar-refractivity contribution in [3.8, 4) is 0 Å². The lowest BCUT2D eigenvalue weighted by molar-refractivity contribution is -0.176.